The van der Waals surface area contributed by atoms with E-state index in [1.165, 1.54) is 12.0 Å². The summed E-state index contributed by atoms with van der Waals surface area (Å²) in [7, 11) is 1.52. The predicted octanol–water partition coefficient (Wildman–Crippen LogP) is 0.0341. The standard InChI is InChI=1S/C12H22N2O5/c1-19-9-7-14(6-8-15)11(18)13-12(10(16)17)4-2-3-5-12/h15H,2-9H2,1H3,(H,13,18)(H,16,17). The summed E-state index contributed by atoms with van der Waals surface area (Å²) in [4.78, 5) is 24.8. The van der Waals surface area contributed by atoms with Crippen molar-refractivity contribution in [2.24, 2.45) is 0 Å². The topological polar surface area (TPSA) is 99.1 Å². The summed E-state index contributed by atoms with van der Waals surface area (Å²) in [6.07, 6.45) is 2.49. The molecular formula is C12H22N2O5. The monoisotopic (exact) mass is 274 g/mol. The molecule has 7 heteroatoms. The number of nitrogens with one attached hydrogen (secondary N) is 1. The number of carbonyl (C=O) groups excluding carboxylic acids is 1. The molecule has 0 bridgehead atoms. The fourth-order valence-electron chi connectivity index (χ4n) is 2.29. The van der Waals surface area contributed by atoms with E-state index in [-0.39, 0.29) is 13.2 Å². The molecule has 1 fully saturated rings. The molecule has 0 spiro atoms. The van der Waals surface area contributed by atoms with Gasteiger partial charge in [-0.1, -0.05) is 12.8 Å². The number of nitrogens with zero attached hydrogens (tertiary/aromatic N) is 1. The molecule has 3 N–H and O–H groups in total. The van der Waals surface area contributed by atoms with Crippen molar-refractivity contribution in [3.63, 3.8) is 0 Å². The summed E-state index contributed by atoms with van der Waals surface area (Å²) in [5, 5.41) is 20.8. The fourth-order valence-corrected chi connectivity index (χ4v) is 2.29. The zero-order valence-corrected chi connectivity index (χ0v) is 11.2. The Morgan fingerprint density at radius 1 is 1.32 bits per heavy atom. The number of ether oxygens (including phenoxy) is 1. The second-order valence-electron chi connectivity index (χ2n) is 4.73. The number of hydrogen-bond donors (Lipinski definition) is 3. The molecule has 110 valence electrons. The zero-order valence-electron chi connectivity index (χ0n) is 11.2. The second-order valence-corrected chi connectivity index (χ2v) is 4.73. The highest BCUT2D eigenvalue weighted by Gasteiger charge is 2.43. The van der Waals surface area contributed by atoms with E-state index in [4.69, 9.17) is 9.84 Å². The van der Waals surface area contributed by atoms with Crippen LogP contribution in [0.25, 0.3) is 0 Å². The molecule has 0 aromatic carbocycles. The molecule has 0 aliphatic heterocycles. The quantitative estimate of drug-likeness (QED) is 0.608. The molecule has 1 aliphatic carbocycles. The third kappa shape index (κ3) is 4.07. The average Bonchev–Trinajstić information content (AvgIpc) is 2.84. The van der Waals surface area contributed by atoms with Gasteiger partial charge in [-0.15, -0.1) is 0 Å². The van der Waals surface area contributed by atoms with E-state index in [0.29, 0.717) is 26.0 Å². The normalized spacial score (nSPS) is 17.2. The first-order valence-electron chi connectivity index (χ1n) is 6.46. The fraction of sp³-hybridized carbons (Fsp3) is 0.833. The number of aliphatic hydroxyl groups excluding tert-OH is 1. The van der Waals surface area contributed by atoms with Crippen LogP contribution in [0.4, 0.5) is 4.79 Å². The van der Waals surface area contributed by atoms with Crippen LogP contribution in [0.1, 0.15) is 25.7 Å². The Morgan fingerprint density at radius 3 is 2.42 bits per heavy atom. The van der Waals surface area contributed by atoms with E-state index < -0.39 is 17.5 Å². The van der Waals surface area contributed by atoms with Gasteiger partial charge in [-0.2, -0.15) is 0 Å². The average molecular weight is 274 g/mol. The van der Waals surface area contributed by atoms with Crippen LogP contribution < -0.4 is 5.32 Å². The number of carbonyl (C=O) groups is 2. The highest BCUT2D eigenvalue weighted by molar-refractivity contribution is 5.86. The lowest BCUT2D eigenvalue weighted by atomic mass is 9.98. The second kappa shape index (κ2) is 7.30. The molecule has 7 nitrogen and oxygen atoms in total. The highest BCUT2D eigenvalue weighted by Crippen LogP contribution is 2.30. The van der Waals surface area contributed by atoms with Crippen molar-refractivity contribution in [2.75, 3.05) is 33.4 Å². The number of urea groups is 1. The van der Waals surface area contributed by atoms with Gasteiger partial charge in [0.25, 0.3) is 0 Å². The van der Waals surface area contributed by atoms with Crippen LogP contribution in [0, 0.1) is 0 Å². The summed E-state index contributed by atoms with van der Waals surface area (Å²) >= 11 is 0. The van der Waals surface area contributed by atoms with Crippen molar-refractivity contribution < 1.29 is 24.5 Å². The molecule has 0 heterocycles. The van der Waals surface area contributed by atoms with E-state index in [1.54, 1.807) is 0 Å². The predicted molar refractivity (Wildman–Crippen MR) is 67.9 cm³/mol. The maximum Gasteiger partial charge on any atom is 0.329 e. The molecule has 0 unspecified atom stereocenters. The van der Waals surface area contributed by atoms with Crippen molar-refractivity contribution in [1.29, 1.82) is 0 Å². The number of aliphatic carboxylic acids is 1. The van der Waals surface area contributed by atoms with Gasteiger partial charge in [0.1, 0.15) is 5.54 Å². The number of amides is 2. The molecule has 1 rings (SSSR count). The molecule has 1 saturated carbocycles. The Bertz CT molecular complexity index is 315. The first kappa shape index (κ1) is 15.7. The molecule has 0 aromatic heterocycles. The van der Waals surface area contributed by atoms with Gasteiger partial charge in [-0.05, 0) is 12.8 Å². The molecular weight excluding hydrogens is 252 g/mol. The van der Waals surface area contributed by atoms with Crippen molar-refractivity contribution in [1.82, 2.24) is 10.2 Å². The number of methoxy groups -OCH3 is 1. The van der Waals surface area contributed by atoms with Crippen LogP contribution in [0.15, 0.2) is 0 Å². The lowest BCUT2D eigenvalue weighted by Gasteiger charge is -2.30. The van der Waals surface area contributed by atoms with Crippen molar-refractivity contribution in [3.8, 4) is 0 Å². The highest BCUT2D eigenvalue weighted by atomic mass is 16.5. The largest absolute Gasteiger partial charge is 0.480 e. The van der Waals surface area contributed by atoms with Gasteiger partial charge >= 0.3 is 12.0 Å². The molecule has 0 atom stereocenters. The van der Waals surface area contributed by atoms with Crippen LogP contribution in [0.3, 0.4) is 0 Å². The Labute approximate surface area is 112 Å². The van der Waals surface area contributed by atoms with E-state index in [9.17, 15) is 14.7 Å². The van der Waals surface area contributed by atoms with Crippen molar-refractivity contribution >= 4 is 12.0 Å². The van der Waals surface area contributed by atoms with Crippen LogP contribution >= 0.6 is 0 Å². The van der Waals surface area contributed by atoms with Gasteiger partial charge in [0.15, 0.2) is 0 Å². The van der Waals surface area contributed by atoms with Crippen LogP contribution in [0.5, 0.6) is 0 Å². The summed E-state index contributed by atoms with van der Waals surface area (Å²) < 4.78 is 4.89. The van der Waals surface area contributed by atoms with Gasteiger partial charge in [0, 0.05) is 20.2 Å². The van der Waals surface area contributed by atoms with Gasteiger partial charge in [-0.25, -0.2) is 9.59 Å². The van der Waals surface area contributed by atoms with Gasteiger partial charge < -0.3 is 25.2 Å². The molecule has 0 aromatic rings. The SMILES string of the molecule is COCCN(CCO)C(=O)NC1(C(=O)O)CCCC1. The van der Waals surface area contributed by atoms with E-state index in [1.807, 2.05) is 0 Å². The molecule has 19 heavy (non-hydrogen) atoms. The van der Waals surface area contributed by atoms with E-state index in [0.717, 1.165) is 12.8 Å². The summed E-state index contributed by atoms with van der Waals surface area (Å²) in [5.41, 5.74) is -1.15. The maximum absolute atomic E-state index is 12.1. The Balaban J connectivity index is 2.65. The van der Waals surface area contributed by atoms with E-state index in [2.05, 4.69) is 5.32 Å². The van der Waals surface area contributed by atoms with E-state index >= 15 is 0 Å². The lowest BCUT2D eigenvalue weighted by Crippen LogP contribution is -2.57. The molecule has 2 amide bonds. The maximum atomic E-state index is 12.1. The minimum absolute atomic E-state index is 0.158. The molecule has 0 saturated heterocycles. The van der Waals surface area contributed by atoms with Gasteiger partial charge in [0.2, 0.25) is 0 Å². The van der Waals surface area contributed by atoms with Crippen molar-refractivity contribution in [3.05, 3.63) is 0 Å². The minimum atomic E-state index is -1.15. The Morgan fingerprint density at radius 2 is 1.95 bits per heavy atom. The number of rotatable bonds is 7. The zero-order chi connectivity index (χ0) is 14.3. The first-order valence-corrected chi connectivity index (χ1v) is 6.46. The number of carboxylic acid groups (broad SMARTS) is 1. The molecule has 0 radical (unpaired) electrons. The molecule has 1 aliphatic rings. The Hall–Kier alpha value is -1.34. The number of aliphatic hydroxyl groups is 1. The first-order chi connectivity index (χ1) is 9.05. The number of carboxylic acids is 1. The number of hydrogen-bond acceptors (Lipinski definition) is 4. The summed E-state index contributed by atoms with van der Waals surface area (Å²) in [6.45, 7) is 0.647. The van der Waals surface area contributed by atoms with Crippen LogP contribution in [-0.4, -0.2) is 66.1 Å². The van der Waals surface area contributed by atoms with Crippen LogP contribution in [-0.2, 0) is 9.53 Å². The third-order valence-corrected chi connectivity index (χ3v) is 3.44. The van der Waals surface area contributed by atoms with Gasteiger partial charge in [0.05, 0.1) is 13.2 Å². The van der Waals surface area contributed by atoms with Crippen molar-refractivity contribution in [2.45, 2.75) is 31.2 Å². The van der Waals surface area contributed by atoms with Crippen LogP contribution in [0.2, 0.25) is 0 Å². The van der Waals surface area contributed by atoms with Gasteiger partial charge in [-0.3, -0.25) is 0 Å². The smallest absolute Gasteiger partial charge is 0.329 e. The lowest BCUT2D eigenvalue weighted by molar-refractivity contribution is -0.144. The minimum Gasteiger partial charge on any atom is -0.480 e. The summed E-state index contributed by atoms with van der Waals surface area (Å²) in [6, 6.07) is -0.463. The Kier molecular flexibility index (Phi) is 6.04. The summed E-state index contributed by atoms with van der Waals surface area (Å²) in [5.74, 6) is -0.992. The third-order valence-electron chi connectivity index (χ3n) is 3.44.